The van der Waals surface area contributed by atoms with Gasteiger partial charge in [0.25, 0.3) is 0 Å². The maximum Gasteiger partial charge on any atom is 0.138 e. The molecule has 0 atom stereocenters. The fourth-order valence-electron chi connectivity index (χ4n) is 3.00. The summed E-state index contributed by atoms with van der Waals surface area (Å²) in [7, 11) is 0. The van der Waals surface area contributed by atoms with E-state index in [2.05, 4.69) is 20.3 Å². The summed E-state index contributed by atoms with van der Waals surface area (Å²) >= 11 is 0. The predicted octanol–water partition coefficient (Wildman–Crippen LogP) is 2.83. The Bertz CT molecular complexity index is 1200. The van der Waals surface area contributed by atoms with Crippen molar-refractivity contribution in [3.05, 3.63) is 67.1 Å². The Morgan fingerprint density at radius 1 is 0.960 bits per heavy atom. The molecule has 120 valence electrons. The Kier molecular flexibility index (Phi) is 3.03. The molecule has 7 nitrogen and oxygen atoms in total. The van der Waals surface area contributed by atoms with Gasteiger partial charge < -0.3 is 5.32 Å². The van der Waals surface area contributed by atoms with Crippen molar-refractivity contribution in [2.45, 2.75) is 6.54 Å². The van der Waals surface area contributed by atoms with E-state index in [1.54, 1.807) is 35.6 Å². The molecule has 0 saturated carbocycles. The Labute approximate surface area is 142 Å². The summed E-state index contributed by atoms with van der Waals surface area (Å²) in [6.45, 7) is 0.629. The van der Waals surface area contributed by atoms with Crippen LogP contribution in [0.3, 0.4) is 0 Å². The molecule has 0 fully saturated rings. The van der Waals surface area contributed by atoms with Gasteiger partial charge >= 0.3 is 0 Å². The van der Waals surface area contributed by atoms with Gasteiger partial charge in [-0.15, -0.1) is 0 Å². The van der Waals surface area contributed by atoms with Crippen LogP contribution in [0.15, 0.2) is 61.6 Å². The third kappa shape index (κ3) is 2.25. The summed E-state index contributed by atoms with van der Waals surface area (Å²) in [5, 5.41) is 10.1. The van der Waals surface area contributed by atoms with Gasteiger partial charge in [0.2, 0.25) is 0 Å². The Balaban J connectivity index is 1.74. The van der Waals surface area contributed by atoms with Gasteiger partial charge in [-0.05, 0) is 23.8 Å². The molecule has 0 spiro atoms. The second-order valence-corrected chi connectivity index (χ2v) is 5.70. The highest BCUT2D eigenvalue weighted by molar-refractivity contribution is 6.13. The molecule has 0 bridgehead atoms. The Morgan fingerprint density at radius 2 is 1.88 bits per heavy atom. The van der Waals surface area contributed by atoms with Crippen LogP contribution in [0.25, 0.3) is 27.3 Å². The summed E-state index contributed by atoms with van der Waals surface area (Å²) in [5.74, 6) is 0.778. The average molecular weight is 327 g/mol. The minimum absolute atomic E-state index is 0.629. The van der Waals surface area contributed by atoms with Gasteiger partial charge in [0.05, 0.1) is 22.6 Å². The molecule has 0 aliphatic heterocycles. The summed E-state index contributed by atoms with van der Waals surface area (Å²) in [6, 6.07) is 7.83. The van der Waals surface area contributed by atoms with Crippen molar-refractivity contribution in [3.8, 4) is 0 Å². The van der Waals surface area contributed by atoms with E-state index in [9.17, 15) is 0 Å². The lowest BCUT2D eigenvalue weighted by atomic mass is 10.1. The van der Waals surface area contributed by atoms with Crippen molar-refractivity contribution in [2.24, 2.45) is 0 Å². The molecule has 1 N–H and O–H groups in total. The van der Waals surface area contributed by atoms with Crippen LogP contribution in [0, 0.1) is 0 Å². The largest absolute Gasteiger partial charge is 0.365 e. The van der Waals surface area contributed by atoms with E-state index in [0.29, 0.717) is 6.54 Å². The number of pyridine rings is 3. The Hall–Kier alpha value is -3.61. The van der Waals surface area contributed by atoms with Gasteiger partial charge in [-0.1, -0.05) is 6.07 Å². The van der Waals surface area contributed by atoms with E-state index in [4.69, 9.17) is 10.1 Å². The maximum atomic E-state index is 4.77. The van der Waals surface area contributed by atoms with E-state index in [0.717, 1.165) is 38.7 Å². The molecule has 0 saturated heterocycles. The van der Waals surface area contributed by atoms with Crippen LogP contribution >= 0.6 is 0 Å². The van der Waals surface area contributed by atoms with Gasteiger partial charge in [-0.25, -0.2) is 14.5 Å². The lowest BCUT2D eigenvalue weighted by Crippen LogP contribution is -2.02. The van der Waals surface area contributed by atoms with Gasteiger partial charge in [0, 0.05) is 36.7 Å². The first-order chi connectivity index (χ1) is 12.4. The van der Waals surface area contributed by atoms with E-state index < -0.39 is 0 Å². The smallest absolute Gasteiger partial charge is 0.138 e. The minimum atomic E-state index is 0.629. The number of rotatable bonds is 3. The van der Waals surface area contributed by atoms with Crippen LogP contribution in [-0.4, -0.2) is 29.5 Å². The molecule has 0 aliphatic carbocycles. The number of hydrogen-bond donors (Lipinski definition) is 1. The van der Waals surface area contributed by atoms with E-state index in [-0.39, 0.29) is 0 Å². The number of anilines is 1. The molecule has 5 aromatic heterocycles. The SMILES string of the molecule is c1cncc(CNc2nc3cnccc3c3nn4cnccc4c23)c1. The van der Waals surface area contributed by atoms with Crippen LogP contribution in [-0.2, 0) is 6.54 Å². The summed E-state index contributed by atoms with van der Waals surface area (Å²) in [6.07, 6.45) is 10.6. The average Bonchev–Trinajstić information content (AvgIpc) is 3.07. The quantitative estimate of drug-likeness (QED) is 0.549. The van der Waals surface area contributed by atoms with Crippen LogP contribution in [0.4, 0.5) is 5.82 Å². The van der Waals surface area contributed by atoms with Gasteiger partial charge in [0.1, 0.15) is 17.7 Å². The zero-order chi connectivity index (χ0) is 16.6. The van der Waals surface area contributed by atoms with Crippen molar-refractivity contribution in [2.75, 3.05) is 5.32 Å². The molecule has 0 aromatic carbocycles. The second kappa shape index (κ2) is 5.48. The number of hydrogen-bond acceptors (Lipinski definition) is 6. The number of fused-ring (bicyclic) bond motifs is 5. The predicted molar refractivity (Wildman–Crippen MR) is 95.2 cm³/mol. The summed E-state index contributed by atoms with van der Waals surface area (Å²) in [5.41, 5.74) is 3.74. The fourth-order valence-corrected chi connectivity index (χ4v) is 3.00. The van der Waals surface area contributed by atoms with Crippen molar-refractivity contribution < 1.29 is 0 Å². The molecule has 5 aromatic rings. The van der Waals surface area contributed by atoms with Crippen LogP contribution in [0.2, 0.25) is 0 Å². The molecule has 0 amide bonds. The third-order valence-corrected chi connectivity index (χ3v) is 4.15. The molecule has 5 heterocycles. The zero-order valence-electron chi connectivity index (χ0n) is 13.2. The van der Waals surface area contributed by atoms with Crippen molar-refractivity contribution in [1.82, 2.24) is 29.5 Å². The minimum Gasteiger partial charge on any atom is -0.365 e. The lowest BCUT2D eigenvalue weighted by Gasteiger charge is -2.08. The number of nitrogens with one attached hydrogen (secondary N) is 1. The second-order valence-electron chi connectivity index (χ2n) is 5.70. The lowest BCUT2D eigenvalue weighted by molar-refractivity contribution is 0.939. The molecule has 7 heteroatoms. The number of nitrogens with zero attached hydrogens (tertiary/aromatic N) is 6. The molecular weight excluding hydrogens is 314 g/mol. The summed E-state index contributed by atoms with van der Waals surface area (Å²) in [4.78, 5) is 17.3. The molecule has 25 heavy (non-hydrogen) atoms. The first-order valence-corrected chi connectivity index (χ1v) is 7.89. The third-order valence-electron chi connectivity index (χ3n) is 4.15. The normalized spacial score (nSPS) is 11.4. The highest BCUT2D eigenvalue weighted by Gasteiger charge is 2.15. The number of aromatic nitrogens is 6. The standard InChI is InChI=1S/C18H13N7/c1-2-12(8-19-5-1)9-22-18-16-15-4-7-21-11-25(15)24-17(16)13-3-6-20-10-14(13)23-18/h1-8,10-11H,9H2,(H,22,23). The van der Waals surface area contributed by atoms with Crippen molar-refractivity contribution >= 4 is 33.1 Å². The van der Waals surface area contributed by atoms with Gasteiger partial charge in [0.15, 0.2) is 0 Å². The Morgan fingerprint density at radius 3 is 2.80 bits per heavy atom. The highest BCUT2D eigenvalue weighted by Crippen LogP contribution is 2.31. The molecule has 0 unspecified atom stereocenters. The molecule has 0 radical (unpaired) electrons. The van der Waals surface area contributed by atoms with E-state index >= 15 is 0 Å². The molecule has 5 rings (SSSR count). The zero-order valence-corrected chi connectivity index (χ0v) is 13.2. The van der Waals surface area contributed by atoms with Crippen LogP contribution in [0.1, 0.15) is 5.56 Å². The fraction of sp³-hybridized carbons (Fsp3) is 0.0556. The van der Waals surface area contributed by atoms with Crippen molar-refractivity contribution in [3.63, 3.8) is 0 Å². The maximum absolute atomic E-state index is 4.77. The van der Waals surface area contributed by atoms with E-state index in [1.807, 2.05) is 30.5 Å². The van der Waals surface area contributed by atoms with Gasteiger partial charge in [-0.3, -0.25) is 9.97 Å². The van der Waals surface area contributed by atoms with Crippen molar-refractivity contribution in [1.29, 1.82) is 0 Å². The van der Waals surface area contributed by atoms with Gasteiger partial charge in [-0.2, -0.15) is 5.10 Å². The topological polar surface area (TPSA) is 80.9 Å². The van der Waals surface area contributed by atoms with Crippen LogP contribution < -0.4 is 5.32 Å². The van der Waals surface area contributed by atoms with E-state index in [1.165, 1.54) is 0 Å². The van der Waals surface area contributed by atoms with Crippen LogP contribution in [0.5, 0.6) is 0 Å². The molecule has 0 aliphatic rings. The highest BCUT2D eigenvalue weighted by atomic mass is 15.2. The monoisotopic (exact) mass is 327 g/mol. The first-order valence-electron chi connectivity index (χ1n) is 7.89. The molecular formula is C18H13N7. The first kappa shape index (κ1) is 13.8. The summed E-state index contributed by atoms with van der Waals surface area (Å²) < 4.78 is 1.78.